The molecule has 1 fully saturated rings. The maximum Gasteiger partial charge on any atom is 0.233 e. The Labute approximate surface area is 125 Å². The summed E-state index contributed by atoms with van der Waals surface area (Å²) in [5.74, 6) is 0.975. The van der Waals surface area contributed by atoms with Crippen molar-refractivity contribution in [1.29, 1.82) is 0 Å². The number of thioether (sulfide) groups is 1. The van der Waals surface area contributed by atoms with Crippen LogP contribution in [0, 0.1) is 0 Å². The van der Waals surface area contributed by atoms with Gasteiger partial charge < -0.3 is 9.64 Å². The number of aromatic nitrogens is 5. The van der Waals surface area contributed by atoms with Crippen molar-refractivity contribution < 1.29 is 9.53 Å². The van der Waals surface area contributed by atoms with Gasteiger partial charge in [0.05, 0.1) is 18.8 Å². The van der Waals surface area contributed by atoms with E-state index in [0.29, 0.717) is 29.9 Å². The fourth-order valence-corrected chi connectivity index (χ4v) is 2.62. The average molecular weight is 306 g/mol. The van der Waals surface area contributed by atoms with E-state index in [9.17, 15) is 4.79 Å². The third kappa shape index (κ3) is 3.30. The number of rotatable bonds is 5. The Bertz CT molecular complexity index is 613. The molecule has 0 spiro atoms. The topological polar surface area (TPSA) is 86.0 Å². The van der Waals surface area contributed by atoms with Crippen molar-refractivity contribution in [3.8, 4) is 5.88 Å². The summed E-state index contributed by atoms with van der Waals surface area (Å²) in [6.07, 6.45) is 1.70. The minimum absolute atomic E-state index is 0.0188. The van der Waals surface area contributed by atoms with E-state index in [1.165, 1.54) is 11.8 Å². The Morgan fingerprint density at radius 3 is 3.00 bits per heavy atom. The lowest BCUT2D eigenvalue weighted by Crippen LogP contribution is -2.56. The normalized spacial score (nSPS) is 14.8. The summed E-state index contributed by atoms with van der Waals surface area (Å²) in [6.45, 7) is 1.18. The molecule has 0 saturated carbocycles. The van der Waals surface area contributed by atoms with Crippen molar-refractivity contribution in [1.82, 2.24) is 30.1 Å². The molecule has 1 saturated heterocycles. The fourth-order valence-electron chi connectivity index (χ4n) is 1.86. The molecular weight excluding hydrogens is 292 g/mol. The predicted molar refractivity (Wildman–Crippen MR) is 74.8 cm³/mol. The molecule has 0 unspecified atom stereocenters. The molecule has 2 aromatic heterocycles. The molecule has 110 valence electrons. The first-order chi connectivity index (χ1) is 10.2. The number of tetrazole rings is 1. The monoisotopic (exact) mass is 306 g/mol. The third-order valence-corrected chi connectivity index (χ3v) is 4.03. The fraction of sp³-hybridized carbons (Fsp3) is 0.417. The molecule has 9 heteroatoms. The van der Waals surface area contributed by atoms with Crippen molar-refractivity contribution in [2.75, 3.05) is 18.8 Å². The van der Waals surface area contributed by atoms with Gasteiger partial charge in [-0.2, -0.15) is 0 Å². The van der Waals surface area contributed by atoms with Gasteiger partial charge in [-0.05, 0) is 16.5 Å². The van der Waals surface area contributed by atoms with Gasteiger partial charge in [0.15, 0.2) is 0 Å². The van der Waals surface area contributed by atoms with E-state index < -0.39 is 0 Å². The van der Waals surface area contributed by atoms with E-state index in [1.54, 1.807) is 28.9 Å². The first-order valence-electron chi connectivity index (χ1n) is 6.43. The maximum absolute atomic E-state index is 12.0. The van der Waals surface area contributed by atoms with E-state index in [-0.39, 0.29) is 12.0 Å². The lowest BCUT2D eigenvalue weighted by atomic mass is 10.2. The lowest BCUT2D eigenvalue weighted by Gasteiger charge is -2.38. The summed E-state index contributed by atoms with van der Waals surface area (Å²) in [6, 6.07) is 5.51. The smallest absolute Gasteiger partial charge is 0.233 e. The zero-order valence-corrected chi connectivity index (χ0v) is 12.2. The second-order valence-electron chi connectivity index (χ2n) is 4.58. The highest BCUT2D eigenvalue weighted by Crippen LogP contribution is 2.18. The second kappa shape index (κ2) is 6.08. The highest BCUT2D eigenvalue weighted by Gasteiger charge is 2.32. The number of pyridine rings is 1. The average Bonchev–Trinajstić information content (AvgIpc) is 2.86. The van der Waals surface area contributed by atoms with Crippen LogP contribution in [0.2, 0.25) is 0 Å². The van der Waals surface area contributed by atoms with Crippen molar-refractivity contribution in [3.05, 3.63) is 24.4 Å². The Balaban J connectivity index is 1.41. The van der Waals surface area contributed by atoms with Crippen LogP contribution in [0.25, 0.3) is 0 Å². The standard InChI is InChI=1S/C12H14N6O2S/c1-17-12(14-15-16-17)21-8-11(19)18-6-9(7-18)20-10-4-2-3-5-13-10/h2-5,9H,6-8H2,1H3. The van der Waals surface area contributed by atoms with Gasteiger partial charge in [0, 0.05) is 19.3 Å². The lowest BCUT2D eigenvalue weighted by molar-refractivity contribution is -0.137. The van der Waals surface area contributed by atoms with E-state index in [1.807, 2.05) is 12.1 Å². The number of amides is 1. The number of hydrogen-bond donors (Lipinski definition) is 0. The van der Waals surface area contributed by atoms with Crippen LogP contribution in [0.5, 0.6) is 5.88 Å². The van der Waals surface area contributed by atoms with E-state index in [4.69, 9.17) is 4.74 Å². The number of aryl methyl sites for hydroxylation is 1. The van der Waals surface area contributed by atoms with E-state index in [0.717, 1.165) is 0 Å². The number of carbonyl (C=O) groups excluding carboxylic acids is 1. The molecule has 1 aliphatic rings. The summed E-state index contributed by atoms with van der Waals surface area (Å²) in [7, 11) is 1.74. The largest absolute Gasteiger partial charge is 0.471 e. The molecule has 0 radical (unpaired) electrons. The molecule has 1 aliphatic heterocycles. The quantitative estimate of drug-likeness (QED) is 0.718. The Morgan fingerprint density at radius 1 is 1.48 bits per heavy atom. The summed E-state index contributed by atoms with van der Waals surface area (Å²) < 4.78 is 7.19. The van der Waals surface area contributed by atoms with Crippen LogP contribution in [-0.2, 0) is 11.8 Å². The summed E-state index contributed by atoms with van der Waals surface area (Å²) in [5, 5.41) is 11.7. The van der Waals surface area contributed by atoms with Gasteiger partial charge in [0.25, 0.3) is 0 Å². The number of likely N-dealkylation sites (tertiary alicyclic amines) is 1. The van der Waals surface area contributed by atoms with Crippen molar-refractivity contribution in [2.24, 2.45) is 7.05 Å². The Morgan fingerprint density at radius 2 is 2.33 bits per heavy atom. The molecule has 0 N–H and O–H groups in total. The molecule has 3 rings (SSSR count). The first kappa shape index (κ1) is 13.8. The van der Waals surface area contributed by atoms with E-state index in [2.05, 4.69) is 20.5 Å². The second-order valence-corrected chi connectivity index (χ2v) is 5.52. The molecule has 1 amide bonds. The number of nitrogens with zero attached hydrogens (tertiary/aromatic N) is 6. The van der Waals surface area contributed by atoms with Gasteiger partial charge >= 0.3 is 0 Å². The number of ether oxygens (including phenoxy) is 1. The summed E-state index contributed by atoms with van der Waals surface area (Å²) >= 11 is 1.33. The van der Waals surface area contributed by atoms with Gasteiger partial charge in [-0.1, -0.05) is 17.8 Å². The Kier molecular flexibility index (Phi) is 4.00. The van der Waals surface area contributed by atoms with Gasteiger partial charge in [-0.3, -0.25) is 4.79 Å². The highest BCUT2D eigenvalue weighted by atomic mass is 32.2. The van der Waals surface area contributed by atoms with Crippen LogP contribution in [0.4, 0.5) is 0 Å². The minimum atomic E-state index is 0.0188. The van der Waals surface area contributed by atoms with Gasteiger partial charge in [0.1, 0.15) is 6.10 Å². The van der Waals surface area contributed by atoms with Crippen LogP contribution >= 0.6 is 11.8 Å². The van der Waals surface area contributed by atoms with Crippen molar-refractivity contribution in [3.63, 3.8) is 0 Å². The van der Waals surface area contributed by atoms with Gasteiger partial charge in [-0.25, -0.2) is 9.67 Å². The van der Waals surface area contributed by atoms with Crippen molar-refractivity contribution >= 4 is 17.7 Å². The zero-order chi connectivity index (χ0) is 14.7. The van der Waals surface area contributed by atoms with Crippen LogP contribution in [0.3, 0.4) is 0 Å². The van der Waals surface area contributed by atoms with Crippen LogP contribution in [0.15, 0.2) is 29.6 Å². The SMILES string of the molecule is Cn1nnnc1SCC(=O)N1CC(Oc2ccccn2)C1. The molecule has 0 bridgehead atoms. The number of carbonyl (C=O) groups is 1. The minimum Gasteiger partial charge on any atom is -0.471 e. The van der Waals surface area contributed by atoms with E-state index >= 15 is 0 Å². The summed E-state index contributed by atoms with van der Waals surface area (Å²) in [5.41, 5.74) is 0. The maximum atomic E-state index is 12.0. The molecule has 0 atom stereocenters. The highest BCUT2D eigenvalue weighted by molar-refractivity contribution is 7.99. The van der Waals surface area contributed by atoms with Crippen molar-refractivity contribution in [2.45, 2.75) is 11.3 Å². The predicted octanol–water partition coefficient (Wildman–Crippen LogP) is -0.0130. The molecule has 2 aromatic rings. The van der Waals surface area contributed by atoms with Crippen LogP contribution < -0.4 is 4.74 Å². The van der Waals surface area contributed by atoms with Crippen LogP contribution in [0.1, 0.15) is 0 Å². The van der Waals surface area contributed by atoms with Gasteiger partial charge in [-0.15, -0.1) is 5.10 Å². The first-order valence-corrected chi connectivity index (χ1v) is 7.41. The molecule has 0 aromatic carbocycles. The summed E-state index contributed by atoms with van der Waals surface area (Å²) in [4.78, 5) is 17.8. The molecular formula is C12H14N6O2S. The molecule has 0 aliphatic carbocycles. The zero-order valence-electron chi connectivity index (χ0n) is 11.4. The molecule has 21 heavy (non-hydrogen) atoms. The number of hydrogen-bond acceptors (Lipinski definition) is 7. The van der Waals surface area contributed by atoms with Gasteiger partial charge in [0.2, 0.25) is 16.9 Å². The van der Waals surface area contributed by atoms with Crippen LogP contribution in [-0.4, -0.2) is 60.9 Å². The molecule has 3 heterocycles. The Hall–Kier alpha value is -2.16. The third-order valence-electron chi connectivity index (χ3n) is 3.03. The molecule has 8 nitrogen and oxygen atoms in total.